The molecule has 7 heteroatoms. The first kappa shape index (κ1) is 12.4. The van der Waals surface area contributed by atoms with Crippen molar-refractivity contribution in [2.45, 2.75) is 25.8 Å². The standard InChI is InChI=1S/C10H17N5OS/c1-7-13-14-10(17-7)12-9(16)6-15-4-2-8(11)3-5-15/h8H,2-6,11H2,1H3,(H,12,14,16). The van der Waals surface area contributed by atoms with Crippen LogP contribution in [0.25, 0.3) is 0 Å². The molecule has 1 aliphatic rings. The number of carbonyl (C=O) groups is 1. The molecule has 0 aromatic carbocycles. The van der Waals surface area contributed by atoms with Gasteiger partial charge in [-0.15, -0.1) is 10.2 Å². The summed E-state index contributed by atoms with van der Waals surface area (Å²) in [6, 6.07) is 0.292. The summed E-state index contributed by atoms with van der Waals surface area (Å²) >= 11 is 1.39. The van der Waals surface area contributed by atoms with Crippen LogP contribution in [0.5, 0.6) is 0 Å². The van der Waals surface area contributed by atoms with E-state index in [0.717, 1.165) is 30.9 Å². The van der Waals surface area contributed by atoms with E-state index in [1.807, 2.05) is 6.92 Å². The molecule has 2 heterocycles. The second-order valence-corrected chi connectivity index (χ2v) is 5.47. The molecule has 2 rings (SSSR count). The van der Waals surface area contributed by atoms with Gasteiger partial charge in [0.05, 0.1) is 6.54 Å². The lowest BCUT2D eigenvalue weighted by atomic mass is 10.1. The van der Waals surface area contributed by atoms with Crippen LogP contribution in [0.15, 0.2) is 0 Å². The highest BCUT2D eigenvalue weighted by molar-refractivity contribution is 7.15. The number of amides is 1. The Morgan fingerprint density at radius 1 is 1.53 bits per heavy atom. The average molecular weight is 255 g/mol. The molecular weight excluding hydrogens is 238 g/mol. The molecule has 1 aromatic heterocycles. The van der Waals surface area contributed by atoms with E-state index in [4.69, 9.17) is 5.73 Å². The summed E-state index contributed by atoms with van der Waals surface area (Å²) in [4.78, 5) is 13.8. The van der Waals surface area contributed by atoms with E-state index in [0.29, 0.717) is 17.7 Å². The zero-order chi connectivity index (χ0) is 12.3. The maximum absolute atomic E-state index is 11.7. The molecule has 1 aliphatic heterocycles. The summed E-state index contributed by atoms with van der Waals surface area (Å²) in [5.74, 6) is -0.0309. The zero-order valence-electron chi connectivity index (χ0n) is 9.85. The minimum Gasteiger partial charge on any atom is -0.328 e. The molecule has 94 valence electrons. The van der Waals surface area contributed by atoms with Crippen LogP contribution in [0.1, 0.15) is 17.8 Å². The smallest absolute Gasteiger partial charge is 0.240 e. The van der Waals surface area contributed by atoms with Crippen molar-refractivity contribution >= 4 is 22.4 Å². The van der Waals surface area contributed by atoms with E-state index in [9.17, 15) is 4.79 Å². The van der Waals surface area contributed by atoms with Crippen LogP contribution >= 0.6 is 11.3 Å². The van der Waals surface area contributed by atoms with Gasteiger partial charge in [-0.1, -0.05) is 11.3 Å². The quantitative estimate of drug-likeness (QED) is 0.806. The maximum atomic E-state index is 11.7. The van der Waals surface area contributed by atoms with Gasteiger partial charge in [0.25, 0.3) is 0 Å². The third kappa shape index (κ3) is 3.72. The highest BCUT2D eigenvalue weighted by Crippen LogP contribution is 2.14. The minimum atomic E-state index is -0.0309. The van der Waals surface area contributed by atoms with Gasteiger partial charge >= 0.3 is 0 Å². The highest BCUT2D eigenvalue weighted by Gasteiger charge is 2.18. The zero-order valence-corrected chi connectivity index (χ0v) is 10.7. The molecule has 0 unspecified atom stereocenters. The number of likely N-dealkylation sites (tertiary alicyclic amines) is 1. The molecule has 1 fully saturated rings. The van der Waals surface area contributed by atoms with Gasteiger partial charge < -0.3 is 5.73 Å². The maximum Gasteiger partial charge on any atom is 0.240 e. The number of nitrogens with zero attached hydrogens (tertiary/aromatic N) is 3. The lowest BCUT2D eigenvalue weighted by molar-refractivity contribution is -0.117. The second-order valence-electron chi connectivity index (χ2n) is 4.29. The van der Waals surface area contributed by atoms with Crippen molar-refractivity contribution < 1.29 is 4.79 Å². The molecule has 1 amide bonds. The van der Waals surface area contributed by atoms with E-state index in [1.165, 1.54) is 11.3 Å². The van der Waals surface area contributed by atoms with Crippen molar-refractivity contribution in [3.05, 3.63) is 5.01 Å². The molecule has 0 atom stereocenters. The average Bonchev–Trinajstić information content (AvgIpc) is 2.67. The summed E-state index contributed by atoms with van der Waals surface area (Å²) in [6.45, 7) is 4.05. The summed E-state index contributed by atoms with van der Waals surface area (Å²) < 4.78 is 0. The number of rotatable bonds is 3. The number of carbonyl (C=O) groups excluding carboxylic acids is 1. The van der Waals surface area contributed by atoms with Crippen molar-refractivity contribution in [3.8, 4) is 0 Å². The van der Waals surface area contributed by atoms with Crippen molar-refractivity contribution in [1.82, 2.24) is 15.1 Å². The lowest BCUT2D eigenvalue weighted by Crippen LogP contribution is -2.43. The molecule has 0 aliphatic carbocycles. The second kappa shape index (κ2) is 5.52. The number of anilines is 1. The van der Waals surface area contributed by atoms with Crippen LogP contribution in [-0.4, -0.2) is 46.7 Å². The summed E-state index contributed by atoms with van der Waals surface area (Å²) in [7, 11) is 0. The fraction of sp³-hybridized carbons (Fsp3) is 0.700. The molecule has 0 bridgehead atoms. The Balaban J connectivity index is 1.77. The third-order valence-electron chi connectivity index (χ3n) is 2.77. The van der Waals surface area contributed by atoms with E-state index >= 15 is 0 Å². The first-order valence-corrected chi connectivity index (χ1v) is 6.53. The molecule has 0 radical (unpaired) electrons. The Labute approximate surface area is 104 Å². The SMILES string of the molecule is Cc1nnc(NC(=O)CN2CCC(N)CC2)s1. The van der Waals surface area contributed by atoms with Crippen LogP contribution in [0.3, 0.4) is 0 Å². The topological polar surface area (TPSA) is 84.1 Å². The molecule has 0 spiro atoms. The van der Waals surface area contributed by atoms with Crippen LogP contribution < -0.4 is 11.1 Å². The molecule has 6 nitrogen and oxygen atoms in total. The Morgan fingerprint density at radius 2 is 2.24 bits per heavy atom. The van der Waals surface area contributed by atoms with E-state index in [-0.39, 0.29) is 5.91 Å². The Bertz CT molecular complexity index is 386. The molecule has 1 aromatic rings. The molecule has 0 saturated carbocycles. The molecule has 1 saturated heterocycles. The van der Waals surface area contributed by atoms with Crippen molar-refractivity contribution in [1.29, 1.82) is 0 Å². The summed E-state index contributed by atoms with van der Waals surface area (Å²) in [5, 5.41) is 11.9. The first-order chi connectivity index (χ1) is 8.13. The van der Waals surface area contributed by atoms with Crippen molar-refractivity contribution in [2.75, 3.05) is 25.0 Å². The van der Waals surface area contributed by atoms with Gasteiger partial charge in [0.15, 0.2) is 0 Å². The molecule has 17 heavy (non-hydrogen) atoms. The fourth-order valence-corrected chi connectivity index (χ4v) is 2.43. The number of nitrogens with one attached hydrogen (secondary N) is 1. The number of aryl methyl sites for hydroxylation is 1. The molecular formula is C10H17N5OS. The predicted molar refractivity (Wildman–Crippen MR) is 66.9 cm³/mol. The van der Waals surface area contributed by atoms with E-state index in [1.54, 1.807) is 0 Å². The number of piperidine rings is 1. The highest BCUT2D eigenvalue weighted by atomic mass is 32.1. The van der Waals surface area contributed by atoms with Crippen LogP contribution in [-0.2, 0) is 4.79 Å². The summed E-state index contributed by atoms with van der Waals surface area (Å²) in [5.41, 5.74) is 5.81. The monoisotopic (exact) mass is 255 g/mol. The van der Waals surface area contributed by atoms with Gasteiger partial charge in [-0.25, -0.2) is 0 Å². The third-order valence-corrected chi connectivity index (χ3v) is 3.53. The molecule has 3 N–H and O–H groups in total. The van der Waals surface area contributed by atoms with Gasteiger partial charge in [-0.05, 0) is 19.8 Å². The first-order valence-electron chi connectivity index (χ1n) is 5.71. The van der Waals surface area contributed by atoms with Gasteiger partial charge in [-0.2, -0.15) is 0 Å². The number of aromatic nitrogens is 2. The fourth-order valence-electron chi connectivity index (χ4n) is 1.82. The van der Waals surface area contributed by atoms with E-state index < -0.39 is 0 Å². The minimum absolute atomic E-state index is 0.0309. The lowest BCUT2D eigenvalue weighted by Gasteiger charge is -2.29. The van der Waals surface area contributed by atoms with Gasteiger partial charge in [0, 0.05) is 19.1 Å². The van der Waals surface area contributed by atoms with Crippen molar-refractivity contribution in [2.24, 2.45) is 5.73 Å². The number of hydrogen-bond acceptors (Lipinski definition) is 6. The Hall–Kier alpha value is -1.05. The number of nitrogens with two attached hydrogens (primary N) is 1. The van der Waals surface area contributed by atoms with Crippen LogP contribution in [0.2, 0.25) is 0 Å². The van der Waals surface area contributed by atoms with Crippen LogP contribution in [0, 0.1) is 6.92 Å². The van der Waals surface area contributed by atoms with Gasteiger partial charge in [0.2, 0.25) is 11.0 Å². The van der Waals surface area contributed by atoms with Gasteiger partial charge in [0.1, 0.15) is 5.01 Å². The normalized spacial score (nSPS) is 18.2. The Kier molecular flexibility index (Phi) is 4.03. The van der Waals surface area contributed by atoms with Crippen LogP contribution in [0.4, 0.5) is 5.13 Å². The van der Waals surface area contributed by atoms with Gasteiger partial charge in [-0.3, -0.25) is 15.0 Å². The number of hydrogen-bond donors (Lipinski definition) is 2. The van der Waals surface area contributed by atoms with Crippen molar-refractivity contribution in [3.63, 3.8) is 0 Å². The Morgan fingerprint density at radius 3 is 2.82 bits per heavy atom. The predicted octanol–water partition coefficient (Wildman–Crippen LogP) is 0.208. The summed E-state index contributed by atoms with van der Waals surface area (Å²) in [6.07, 6.45) is 1.93. The largest absolute Gasteiger partial charge is 0.328 e. The van der Waals surface area contributed by atoms with E-state index in [2.05, 4.69) is 20.4 Å².